The number of non-ortho nitro benzene ring substituents is 1. The molecule has 22 heavy (non-hydrogen) atoms. The Balaban J connectivity index is 2.29. The molecule has 0 aliphatic rings. The number of rotatable bonds is 5. The van der Waals surface area contributed by atoms with Crippen LogP contribution in [0.2, 0.25) is 0 Å². The van der Waals surface area contributed by atoms with E-state index in [0.717, 1.165) is 11.6 Å². The van der Waals surface area contributed by atoms with Gasteiger partial charge in [-0.3, -0.25) is 15.1 Å². The van der Waals surface area contributed by atoms with Crippen molar-refractivity contribution in [2.45, 2.75) is 6.92 Å². The average molecular weight is 298 g/mol. The molecule has 0 bridgehead atoms. The number of nitro groups is 1. The number of pyridine rings is 1. The van der Waals surface area contributed by atoms with Crippen molar-refractivity contribution in [3.63, 3.8) is 0 Å². The average Bonchev–Trinajstić information content (AvgIpc) is 2.53. The molecule has 8 heteroatoms. The van der Waals surface area contributed by atoms with Gasteiger partial charge in [0.1, 0.15) is 0 Å². The quantitative estimate of drug-likeness (QED) is 0.365. The molecule has 0 aliphatic carbocycles. The highest BCUT2D eigenvalue weighted by atomic mass is 16.6. The van der Waals surface area contributed by atoms with Gasteiger partial charge >= 0.3 is 0 Å². The van der Waals surface area contributed by atoms with Crippen LogP contribution in [-0.4, -0.2) is 21.7 Å². The van der Waals surface area contributed by atoms with Crippen LogP contribution in [0.25, 0.3) is 0 Å². The molecule has 0 atom stereocenters. The normalized spacial score (nSPS) is 10.7. The first-order valence-electron chi connectivity index (χ1n) is 6.09. The van der Waals surface area contributed by atoms with Crippen LogP contribution < -0.4 is 4.84 Å². The Kier molecular flexibility index (Phi) is 4.69. The number of hydrogen-bond acceptors (Lipinski definition) is 7. The number of carbonyl (C=O) groups excluding carboxylic acids is 1. The second-order valence-corrected chi connectivity index (χ2v) is 4.15. The Morgan fingerprint density at radius 1 is 1.41 bits per heavy atom. The fourth-order valence-electron chi connectivity index (χ4n) is 1.59. The molecule has 110 valence electrons. The lowest BCUT2D eigenvalue weighted by Gasteiger charge is -2.02. The standard InChI is InChI=1S/C14H10N4O4/c1-10(11-3-2-4-15-8-11)17-22-14-6-12(16-9-19)5-13(7-14)18(20)21/h2-8H,1H3. The SMILES string of the molecule is CC(=NOc1cc(N=C=O)cc([N+](=O)[O-])c1)c1cccnc1. The fourth-order valence-corrected chi connectivity index (χ4v) is 1.59. The van der Waals surface area contributed by atoms with Gasteiger partial charge in [-0.1, -0.05) is 5.16 Å². The van der Waals surface area contributed by atoms with Crippen molar-refractivity contribution in [1.29, 1.82) is 0 Å². The molecule has 0 N–H and O–H groups in total. The number of hydrogen-bond donors (Lipinski definition) is 0. The first-order chi connectivity index (χ1) is 10.6. The molecule has 1 aromatic carbocycles. The van der Waals surface area contributed by atoms with E-state index < -0.39 is 4.92 Å². The fraction of sp³-hybridized carbons (Fsp3) is 0.0714. The molecule has 0 aliphatic heterocycles. The van der Waals surface area contributed by atoms with Crippen molar-refractivity contribution in [3.05, 3.63) is 58.4 Å². The van der Waals surface area contributed by atoms with Crippen molar-refractivity contribution >= 4 is 23.2 Å². The highest BCUT2D eigenvalue weighted by Gasteiger charge is 2.11. The zero-order valence-corrected chi connectivity index (χ0v) is 11.5. The molecule has 1 aromatic heterocycles. The van der Waals surface area contributed by atoms with Crippen LogP contribution in [0.1, 0.15) is 12.5 Å². The van der Waals surface area contributed by atoms with Crippen molar-refractivity contribution in [3.8, 4) is 5.75 Å². The summed E-state index contributed by atoms with van der Waals surface area (Å²) < 4.78 is 0. The molecule has 0 saturated carbocycles. The van der Waals surface area contributed by atoms with Gasteiger partial charge in [0.15, 0.2) is 5.75 Å². The van der Waals surface area contributed by atoms with Crippen molar-refractivity contribution in [2.24, 2.45) is 10.1 Å². The van der Waals surface area contributed by atoms with Gasteiger partial charge in [0.25, 0.3) is 5.69 Å². The van der Waals surface area contributed by atoms with E-state index in [2.05, 4.69) is 15.1 Å². The summed E-state index contributed by atoms with van der Waals surface area (Å²) in [5.74, 6) is 0.0893. The molecule has 0 unspecified atom stereocenters. The molecule has 0 saturated heterocycles. The monoisotopic (exact) mass is 298 g/mol. The summed E-state index contributed by atoms with van der Waals surface area (Å²) in [5, 5.41) is 14.7. The summed E-state index contributed by atoms with van der Waals surface area (Å²) in [5.41, 5.74) is 1.09. The third-order valence-electron chi connectivity index (χ3n) is 2.63. The Morgan fingerprint density at radius 3 is 2.86 bits per heavy atom. The maximum absolute atomic E-state index is 10.8. The topological polar surface area (TPSA) is 107 Å². The first kappa shape index (κ1) is 15.0. The molecule has 0 fully saturated rings. The zero-order valence-electron chi connectivity index (χ0n) is 11.5. The van der Waals surface area contributed by atoms with Crippen LogP contribution in [0.4, 0.5) is 11.4 Å². The summed E-state index contributed by atoms with van der Waals surface area (Å²) in [6, 6.07) is 7.21. The molecule has 2 aromatic rings. The maximum atomic E-state index is 10.8. The van der Waals surface area contributed by atoms with Gasteiger partial charge in [0.2, 0.25) is 6.08 Å². The van der Waals surface area contributed by atoms with E-state index >= 15 is 0 Å². The Morgan fingerprint density at radius 2 is 2.23 bits per heavy atom. The smallest absolute Gasteiger partial charge is 0.275 e. The van der Waals surface area contributed by atoms with Crippen LogP contribution in [-0.2, 0) is 4.79 Å². The van der Waals surface area contributed by atoms with E-state index in [4.69, 9.17) is 4.84 Å². The summed E-state index contributed by atoms with van der Waals surface area (Å²) in [7, 11) is 0. The van der Waals surface area contributed by atoms with E-state index in [1.165, 1.54) is 18.2 Å². The van der Waals surface area contributed by atoms with Crippen molar-refractivity contribution in [2.75, 3.05) is 0 Å². The Bertz CT molecular complexity index is 747. The Hall–Kier alpha value is -3.38. The number of aromatic nitrogens is 1. The van der Waals surface area contributed by atoms with Crippen molar-refractivity contribution < 1.29 is 14.6 Å². The molecule has 0 amide bonds. The minimum atomic E-state index is -0.617. The predicted octanol–water partition coefficient (Wildman–Crippen LogP) is 2.76. The van der Waals surface area contributed by atoms with E-state index in [1.54, 1.807) is 31.5 Å². The second kappa shape index (κ2) is 6.87. The predicted molar refractivity (Wildman–Crippen MR) is 78.0 cm³/mol. The van der Waals surface area contributed by atoms with Crippen LogP contribution in [0.15, 0.2) is 52.9 Å². The van der Waals surface area contributed by atoms with Gasteiger partial charge in [-0.15, -0.1) is 0 Å². The summed E-state index contributed by atoms with van der Waals surface area (Å²) in [6.07, 6.45) is 4.56. The number of nitrogens with zero attached hydrogens (tertiary/aromatic N) is 4. The number of aliphatic imine (C=N–C) groups is 1. The lowest BCUT2D eigenvalue weighted by molar-refractivity contribution is -0.384. The summed E-state index contributed by atoms with van der Waals surface area (Å²) >= 11 is 0. The van der Waals surface area contributed by atoms with E-state index in [-0.39, 0.29) is 17.1 Å². The lowest BCUT2D eigenvalue weighted by atomic mass is 10.2. The summed E-state index contributed by atoms with van der Waals surface area (Å²) in [4.78, 5) is 33.0. The van der Waals surface area contributed by atoms with Gasteiger partial charge in [-0.05, 0) is 19.1 Å². The number of benzene rings is 1. The molecule has 8 nitrogen and oxygen atoms in total. The second-order valence-electron chi connectivity index (χ2n) is 4.15. The van der Waals surface area contributed by atoms with E-state index in [9.17, 15) is 14.9 Å². The number of isocyanates is 1. The van der Waals surface area contributed by atoms with Gasteiger partial charge in [-0.25, -0.2) is 4.79 Å². The molecule has 0 spiro atoms. The van der Waals surface area contributed by atoms with Crippen molar-refractivity contribution in [1.82, 2.24) is 4.98 Å². The summed E-state index contributed by atoms with van der Waals surface area (Å²) in [6.45, 7) is 1.71. The highest BCUT2D eigenvalue weighted by molar-refractivity contribution is 5.98. The van der Waals surface area contributed by atoms with Crippen LogP contribution in [0, 0.1) is 10.1 Å². The highest BCUT2D eigenvalue weighted by Crippen LogP contribution is 2.27. The van der Waals surface area contributed by atoms with Gasteiger partial charge in [0, 0.05) is 30.1 Å². The minimum Gasteiger partial charge on any atom is -0.356 e. The molecule has 2 rings (SSSR count). The van der Waals surface area contributed by atoms with Gasteiger partial charge < -0.3 is 4.84 Å². The van der Waals surface area contributed by atoms with Crippen LogP contribution in [0.3, 0.4) is 0 Å². The Labute approximate surface area is 124 Å². The third-order valence-corrected chi connectivity index (χ3v) is 2.63. The first-order valence-corrected chi connectivity index (χ1v) is 6.09. The van der Waals surface area contributed by atoms with E-state index in [0.29, 0.717) is 5.71 Å². The van der Waals surface area contributed by atoms with Gasteiger partial charge in [-0.2, -0.15) is 4.99 Å². The minimum absolute atomic E-state index is 0.0634. The molecule has 0 radical (unpaired) electrons. The molecular weight excluding hydrogens is 288 g/mol. The van der Waals surface area contributed by atoms with Gasteiger partial charge in [0.05, 0.1) is 22.4 Å². The van der Waals surface area contributed by atoms with E-state index in [1.807, 2.05) is 0 Å². The molecular formula is C14H10N4O4. The molecule has 1 heterocycles. The number of nitro benzene ring substituents is 1. The third kappa shape index (κ3) is 3.81. The van der Waals surface area contributed by atoms with Crippen LogP contribution >= 0.6 is 0 Å². The maximum Gasteiger partial charge on any atom is 0.275 e. The lowest BCUT2D eigenvalue weighted by Crippen LogP contribution is -1.98. The zero-order chi connectivity index (χ0) is 15.9. The largest absolute Gasteiger partial charge is 0.356 e. The number of oxime groups is 1. The van der Waals surface area contributed by atoms with Crippen LogP contribution in [0.5, 0.6) is 5.75 Å².